The van der Waals surface area contributed by atoms with Gasteiger partial charge in [0.15, 0.2) is 0 Å². The Morgan fingerprint density at radius 1 is 1.44 bits per heavy atom. The zero-order valence-electron chi connectivity index (χ0n) is 11.0. The van der Waals surface area contributed by atoms with Crippen LogP contribution in [0.1, 0.15) is 18.0 Å². The summed E-state index contributed by atoms with van der Waals surface area (Å²) < 4.78 is 5.28. The standard InChI is InChI=1S/C14H21N3O/c1-17-6-5-12-11(8-17)14(15)10-4-3-9(18-2)7-13(10)16-12/h3-4,7,11-12,14,16H,5-6,8,15H2,1-2H3. The molecule has 1 fully saturated rings. The molecule has 1 aromatic rings. The summed E-state index contributed by atoms with van der Waals surface area (Å²) in [5.41, 5.74) is 8.81. The normalized spacial score (nSPS) is 31.2. The van der Waals surface area contributed by atoms with Crippen molar-refractivity contribution in [2.75, 3.05) is 32.6 Å². The van der Waals surface area contributed by atoms with Crippen molar-refractivity contribution in [1.29, 1.82) is 0 Å². The minimum absolute atomic E-state index is 0.125. The van der Waals surface area contributed by atoms with E-state index in [1.54, 1.807) is 7.11 Å². The van der Waals surface area contributed by atoms with Crippen LogP contribution in [-0.2, 0) is 0 Å². The molecule has 4 heteroatoms. The average Bonchev–Trinajstić information content (AvgIpc) is 2.39. The Bertz CT molecular complexity index is 449. The van der Waals surface area contributed by atoms with E-state index in [-0.39, 0.29) is 6.04 Å². The minimum Gasteiger partial charge on any atom is -0.497 e. The van der Waals surface area contributed by atoms with Crippen molar-refractivity contribution in [3.63, 3.8) is 0 Å². The maximum Gasteiger partial charge on any atom is 0.120 e. The third kappa shape index (κ3) is 1.85. The van der Waals surface area contributed by atoms with Gasteiger partial charge in [-0.3, -0.25) is 0 Å². The van der Waals surface area contributed by atoms with Gasteiger partial charge in [-0.2, -0.15) is 0 Å². The molecule has 0 aromatic heterocycles. The number of hydrogen-bond acceptors (Lipinski definition) is 4. The molecular weight excluding hydrogens is 226 g/mol. The molecule has 18 heavy (non-hydrogen) atoms. The lowest BCUT2D eigenvalue weighted by molar-refractivity contribution is 0.168. The number of anilines is 1. The van der Waals surface area contributed by atoms with E-state index >= 15 is 0 Å². The Labute approximate surface area is 108 Å². The number of hydrogen-bond donors (Lipinski definition) is 2. The van der Waals surface area contributed by atoms with Gasteiger partial charge in [-0.05, 0) is 31.6 Å². The van der Waals surface area contributed by atoms with Crippen molar-refractivity contribution in [3.05, 3.63) is 23.8 Å². The van der Waals surface area contributed by atoms with Gasteiger partial charge in [0.05, 0.1) is 7.11 Å². The van der Waals surface area contributed by atoms with Crippen LogP contribution in [0, 0.1) is 5.92 Å². The monoisotopic (exact) mass is 247 g/mol. The van der Waals surface area contributed by atoms with Gasteiger partial charge in [-0.25, -0.2) is 0 Å². The van der Waals surface area contributed by atoms with Gasteiger partial charge in [0.1, 0.15) is 5.75 Å². The van der Waals surface area contributed by atoms with Crippen molar-refractivity contribution in [3.8, 4) is 5.75 Å². The quantitative estimate of drug-likeness (QED) is 0.788. The van der Waals surface area contributed by atoms with Crippen molar-refractivity contribution in [2.45, 2.75) is 18.5 Å². The van der Waals surface area contributed by atoms with Gasteiger partial charge in [0, 0.05) is 36.3 Å². The Kier molecular flexibility index (Phi) is 2.92. The lowest BCUT2D eigenvalue weighted by Gasteiger charge is -2.44. The van der Waals surface area contributed by atoms with Gasteiger partial charge >= 0.3 is 0 Å². The Morgan fingerprint density at radius 3 is 3.06 bits per heavy atom. The third-order valence-electron chi connectivity index (χ3n) is 4.28. The van der Waals surface area contributed by atoms with E-state index in [4.69, 9.17) is 10.5 Å². The molecule has 3 atom stereocenters. The van der Waals surface area contributed by atoms with Crippen LogP contribution in [0.5, 0.6) is 5.75 Å². The first-order valence-corrected chi connectivity index (χ1v) is 6.57. The molecule has 2 aliphatic rings. The first-order valence-electron chi connectivity index (χ1n) is 6.57. The van der Waals surface area contributed by atoms with Crippen LogP contribution >= 0.6 is 0 Å². The van der Waals surface area contributed by atoms with Gasteiger partial charge in [0.25, 0.3) is 0 Å². The third-order valence-corrected chi connectivity index (χ3v) is 4.28. The first-order chi connectivity index (χ1) is 8.69. The number of nitrogens with zero attached hydrogens (tertiary/aromatic N) is 1. The highest BCUT2D eigenvalue weighted by atomic mass is 16.5. The molecule has 3 N–H and O–H groups in total. The molecule has 0 spiro atoms. The van der Waals surface area contributed by atoms with E-state index in [0.717, 1.165) is 30.9 Å². The molecule has 3 unspecified atom stereocenters. The van der Waals surface area contributed by atoms with Crippen LogP contribution in [-0.4, -0.2) is 38.2 Å². The van der Waals surface area contributed by atoms with E-state index in [1.165, 1.54) is 5.56 Å². The second-order valence-corrected chi connectivity index (χ2v) is 5.44. The summed E-state index contributed by atoms with van der Waals surface area (Å²) in [5.74, 6) is 1.39. The molecule has 2 heterocycles. The second kappa shape index (κ2) is 4.44. The zero-order valence-corrected chi connectivity index (χ0v) is 11.0. The molecule has 2 aliphatic heterocycles. The Balaban J connectivity index is 1.94. The molecule has 4 nitrogen and oxygen atoms in total. The predicted octanol–water partition coefficient (Wildman–Crippen LogP) is 1.44. The van der Waals surface area contributed by atoms with Crippen LogP contribution in [0.4, 0.5) is 5.69 Å². The molecule has 0 radical (unpaired) electrons. The molecule has 1 saturated heterocycles. The minimum atomic E-state index is 0.125. The second-order valence-electron chi connectivity index (χ2n) is 5.44. The first kappa shape index (κ1) is 11.8. The summed E-state index contributed by atoms with van der Waals surface area (Å²) in [7, 11) is 3.87. The highest BCUT2D eigenvalue weighted by Gasteiger charge is 2.37. The van der Waals surface area contributed by atoms with Crippen LogP contribution in [0.2, 0.25) is 0 Å². The molecule has 0 bridgehead atoms. The highest BCUT2D eigenvalue weighted by Crippen LogP contribution is 2.39. The highest BCUT2D eigenvalue weighted by molar-refractivity contribution is 5.59. The van der Waals surface area contributed by atoms with Crippen LogP contribution in [0.25, 0.3) is 0 Å². The van der Waals surface area contributed by atoms with E-state index in [1.807, 2.05) is 6.07 Å². The summed E-state index contributed by atoms with van der Waals surface area (Å²) in [6, 6.07) is 6.77. The van der Waals surface area contributed by atoms with E-state index in [0.29, 0.717) is 12.0 Å². The zero-order chi connectivity index (χ0) is 12.7. The van der Waals surface area contributed by atoms with Gasteiger partial charge in [-0.15, -0.1) is 0 Å². The molecule has 1 aromatic carbocycles. The van der Waals surface area contributed by atoms with E-state index < -0.39 is 0 Å². The topological polar surface area (TPSA) is 50.5 Å². The summed E-state index contributed by atoms with van der Waals surface area (Å²) in [6.45, 7) is 2.21. The number of likely N-dealkylation sites (tertiary alicyclic amines) is 1. The molecule has 0 saturated carbocycles. The van der Waals surface area contributed by atoms with Gasteiger partial charge in [0.2, 0.25) is 0 Å². The number of nitrogens with two attached hydrogens (primary N) is 1. The maximum atomic E-state index is 6.45. The number of nitrogens with one attached hydrogen (secondary N) is 1. The lowest BCUT2D eigenvalue weighted by Crippen LogP contribution is -2.51. The molecule has 3 rings (SSSR count). The fourth-order valence-electron chi connectivity index (χ4n) is 3.20. The smallest absolute Gasteiger partial charge is 0.120 e. The van der Waals surface area contributed by atoms with Crippen molar-refractivity contribution in [2.24, 2.45) is 11.7 Å². The fraction of sp³-hybridized carbons (Fsp3) is 0.571. The number of ether oxygens (including phenoxy) is 1. The number of piperidine rings is 1. The summed E-state index contributed by atoms with van der Waals surface area (Å²) in [5, 5.41) is 3.64. The SMILES string of the molecule is COc1ccc2c(c1)NC1CCN(C)CC1C2N. The molecule has 0 aliphatic carbocycles. The fourth-order valence-corrected chi connectivity index (χ4v) is 3.20. The van der Waals surface area contributed by atoms with Crippen LogP contribution < -0.4 is 15.8 Å². The summed E-state index contributed by atoms with van der Waals surface area (Å²) in [6.07, 6.45) is 1.16. The summed E-state index contributed by atoms with van der Waals surface area (Å²) >= 11 is 0. The summed E-state index contributed by atoms with van der Waals surface area (Å²) in [4.78, 5) is 2.37. The van der Waals surface area contributed by atoms with Gasteiger partial charge < -0.3 is 20.7 Å². The van der Waals surface area contributed by atoms with Crippen molar-refractivity contribution < 1.29 is 4.74 Å². The Morgan fingerprint density at radius 2 is 2.28 bits per heavy atom. The number of methoxy groups -OCH3 is 1. The average molecular weight is 247 g/mol. The predicted molar refractivity (Wildman–Crippen MR) is 72.9 cm³/mol. The van der Waals surface area contributed by atoms with Crippen molar-refractivity contribution >= 4 is 5.69 Å². The van der Waals surface area contributed by atoms with E-state index in [9.17, 15) is 0 Å². The molecule has 98 valence electrons. The maximum absolute atomic E-state index is 6.45. The molecular formula is C14H21N3O. The molecule has 0 amide bonds. The Hall–Kier alpha value is -1.26. The number of rotatable bonds is 1. The van der Waals surface area contributed by atoms with Crippen molar-refractivity contribution in [1.82, 2.24) is 4.90 Å². The number of fused-ring (bicyclic) bond motifs is 2. The largest absolute Gasteiger partial charge is 0.497 e. The lowest BCUT2D eigenvalue weighted by atomic mass is 9.79. The van der Waals surface area contributed by atoms with Gasteiger partial charge in [-0.1, -0.05) is 6.07 Å². The van der Waals surface area contributed by atoms with Crippen LogP contribution in [0.15, 0.2) is 18.2 Å². The van der Waals surface area contributed by atoms with Crippen LogP contribution in [0.3, 0.4) is 0 Å². The number of benzene rings is 1. The van der Waals surface area contributed by atoms with E-state index in [2.05, 4.69) is 29.4 Å².